The molecule has 1 N–H and O–H groups in total. The van der Waals surface area contributed by atoms with Crippen molar-refractivity contribution in [3.8, 4) is 0 Å². The number of nitrogens with zero attached hydrogens (tertiary/aromatic N) is 1. The molecule has 1 aliphatic rings. The maximum atomic E-state index is 12.0. The molecule has 0 unspecified atom stereocenters. The highest BCUT2D eigenvalue weighted by atomic mass is 16.1. The van der Waals surface area contributed by atoms with Crippen molar-refractivity contribution in [2.75, 3.05) is 19.6 Å². The normalized spacial score (nSPS) is 20.0. The number of nitrogens with one attached hydrogen (secondary N) is 1. The highest BCUT2D eigenvalue weighted by Gasteiger charge is 2.23. The first-order valence-electron chi connectivity index (χ1n) is 6.79. The summed E-state index contributed by atoms with van der Waals surface area (Å²) in [5.74, 6) is 0.0432. The summed E-state index contributed by atoms with van der Waals surface area (Å²) in [5, 5.41) is 3.05. The number of hydrogen-bond acceptors (Lipinski definition) is 2. The minimum atomic E-state index is 0.0432. The number of likely N-dealkylation sites (N-methyl/N-ethyl adjacent to an activating group) is 1. The maximum Gasteiger partial charge on any atom is 0.251 e. The topological polar surface area (TPSA) is 32.3 Å². The Labute approximate surface area is 109 Å². The van der Waals surface area contributed by atoms with Gasteiger partial charge in [-0.05, 0) is 45.0 Å². The molecule has 0 aliphatic carbocycles. The van der Waals surface area contributed by atoms with E-state index in [0.29, 0.717) is 6.04 Å². The number of aryl methyl sites for hydroxylation is 1. The fourth-order valence-electron chi connectivity index (χ4n) is 2.64. The lowest BCUT2D eigenvalue weighted by atomic mass is 10.1. The number of likely N-dealkylation sites (tertiary alicyclic amines) is 1. The second kappa shape index (κ2) is 6.01. The van der Waals surface area contributed by atoms with Crippen LogP contribution >= 0.6 is 0 Å². The van der Waals surface area contributed by atoms with Crippen molar-refractivity contribution in [1.82, 2.24) is 10.2 Å². The molecule has 1 aliphatic heterocycles. The fraction of sp³-hybridized carbons (Fsp3) is 0.533. The quantitative estimate of drug-likeness (QED) is 0.883. The van der Waals surface area contributed by atoms with Gasteiger partial charge in [-0.1, -0.05) is 24.6 Å². The van der Waals surface area contributed by atoms with Crippen molar-refractivity contribution in [1.29, 1.82) is 0 Å². The highest BCUT2D eigenvalue weighted by molar-refractivity contribution is 5.94. The highest BCUT2D eigenvalue weighted by Crippen LogP contribution is 2.15. The van der Waals surface area contributed by atoms with Crippen molar-refractivity contribution in [3.05, 3.63) is 35.4 Å². The van der Waals surface area contributed by atoms with Crippen molar-refractivity contribution in [3.63, 3.8) is 0 Å². The number of rotatable bonds is 4. The predicted octanol–water partition coefficient (Wildman–Crippen LogP) is 2.21. The molecule has 18 heavy (non-hydrogen) atoms. The summed E-state index contributed by atoms with van der Waals surface area (Å²) in [6, 6.07) is 8.25. The van der Waals surface area contributed by atoms with Crippen LogP contribution in [0.1, 0.15) is 35.7 Å². The second-order valence-corrected chi connectivity index (χ2v) is 5.00. The van der Waals surface area contributed by atoms with Gasteiger partial charge in [0.1, 0.15) is 0 Å². The molecule has 1 aromatic carbocycles. The molecule has 1 atom stereocenters. The Hall–Kier alpha value is -1.35. The zero-order valence-electron chi connectivity index (χ0n) is 11.3. The average Bonchev–Trinajstić information content (AvgIpc) is 2.83. The number of carbonyl (C=O) groups excluding carboxylic acids is 1. The zero-order chi connectivity index (χ0) is 13.0. The molecule has 1 saturated heterocycles. The lowest BCUT2D eigenvalue weighted by molar-refractivity contribution is 0.0941. The summed E-state index contributed by atoms with van der Waals surface area (Å²) in [4.78, 5) is 14.5. The minimum absolute atomic E-state index is 0.0432. The van der Waals surface area contributed by atoms with Gasteiger partial charge in [-0.2, -0.15) is 0 Å². The van der Waals surface area contributed by atoms with Crippen molar-refractivity contribution in [2.45, 2.75) is 32.7 Å². The molecule has 0 spiro atoms. The van der Waals surface area contributed by atoms with Gasteiger partial charge in [-0.25, -0.2) is 0 Å². The van der Waals surface area contributed by atoms with Crippen LogP contribution in [0.2, 0.25) is 0 Å². The monoisotopic (exact) mass is 246 g/mol. The molecule has 1 amide bonds. The van der Waals surface area contributed by atoms with Crippen LogP contribution in [0, 0.1) is 6.92 Å². The smallest absolute Gasteiger partial charge is 0.251 e. The van der Waals surface area contributed by atoms with Gasteiger partial charge in [0.15, 0.2) is 0 Å². The molecule has 1 heterocycles. The molecular formula is C15H22N2O. The molecule has 0 radical (unpaired) electrons. The van der Waals surface area contributed by atoms with Crippen LogP contribution < -0.4 is 5.32 Å². The van der Waals surface area contributed by atoms with Crippen LogP contribution in [0.3, 0.4) is 0 Å². The lowest BCUT2D eigenvalue weighted by Gasteiger charge is -2.22. The van der Waals surface area contributed by atoms with Crippen LogP contribution in [0.25, 0.3) is 0 Å². The first-order valence-corrected chi connectivity index (χ1v) is 6.79. The van der Waals surface area contributed by atoms with E-state index in [0.717, 1.165) is 24.2 Å². The largest absolute Gasteiger partial charge is 0.350 e. The maximum absolute atomic E-state index is 12.0. The average molecular weight is 246 g/mol. The molecule has 3 heteroatoms. The SMILES string of the molecule is CCN1CCC[C@H]1CNC(=O)c1cccc(C)c1. The Balaban J connectivity index is 1.88. The van der Waals surface area contributed by atoms with E-state index in [9.17, 15) is 4.79 Å². The van der Waals surface area contributed by atoms with Gasteiger partial charge in [-0.15, -0.1) is 0 Å². The van der Waals surface area contributed by atoms with E-state index in [1.54, 1.807) is 0 Å². The Morgan fingerprint density at radius 3 is 3.06 bits per heavy atom. The van der Waals surface area contributed by atoms with Gasteiger partial charge in [-0.3, -0.25) is 9.69 Å². The van der Waals surface area contributed by atoms with E-state index < -0.39 is 0 Å². The van der Waals surface area contributed by atoms with Crippen LogP contribution in [0.15, 0.2) is 24.3 Å². The minimum Gasteiger partial charge on any atom is -0.350 e. The number of amides is 1. The van der Waals surface area contributed by atoms with Crippen molar-refractivity contribution in [2.24, 2.45) is 0 Å². The standard InChI is InChI=1S/C15H22N2O/c1-3-17-9-5-8-14(17)11-16-15(18)13-7-4-6-12(2)10-13/h4,6-7,10,14H,3,5,8-9,11H2,1-2H3,(H,16,18)/t14-/m0/s1. The molecule has 1 aromatic rings. The Bertz CT molecular complexity index is 417. The summed E-state index contributed by atoms with van der Waals surface area (Å²) < 4.78 is 0. The zero-order valence-corrected chi connectivity index (χ0v) is 11.3. The summed E-state index contributed by atoms with van der Waals surface area (Å²) in [7, 11) is 0. The Morgan fingerprint density at radius 1 is 1.50 bits per heavy atom. The lowest BCUT2D eigenvalue weighted by Crippen LogP contribution is -2.40. The van der Waals surface area contributed by atoms with E-state index in [1.807, 2.05) is 31.2 Å². The van der Waals surface area contributed by atoms with Crippen LogP contribution in [0.5, 0.6) is 0 Å². The number of hydrogen-bond donors (Lipinski definition) is 1. The van der Waals surface area contributed by atoms with Crippen LogP contribution in [-0.4, -0.2) is 36.5 Å². The molecule has 0 aromatic heterocycles. The van der Waals surface area contributed by atoms with Gasteiger partial charge >= 0.3 is 0 Å². The van der Waals surface area contributed by atoms with Crippen molar-refractivity contribution >= 4 is 5.91 Å². The molecule has 0 saturated carbocycles. The van der Waals surface area contributed by atoms with E-state index in [4.69, 9.17) is 0 Å². The summed E-state index contributed by atoms with van der Waals surface area (Å²) in [6.45, 7) is 7.19. The molecular weight excluding hydrogens is 224 g/mol. The van der Waals surface area contributed by atoms with Gasteiger partial charge in [0.2, 0.25) is 0 Å². The molecule has 0 bridgehead atoms. The fourth-order valence-corrected chi connectivity index (χ4v) is 2.64. The molecule has 2 rings (SSSR count). The number of benzene rings is 1. The van der Waals surface area contributed by atoms with Gasteiger partial charge < -0.3 is 5.32 Å². The Morgan fingerprint density at radius 2 is 2.33 bits per heavy atom. The third kappa shape index (κ3) is 3.10. The van der Waals surface area contributed by atoms with Gasteiger partial charge in [0, 0.05) is 18.2 Å². The van der Waals surface area contributed by atoms with Crippen molar-refractivity contribution < 1.29 is 4.79 Å². The first-order chi connectivity index (χ1) is 8.70. The van der Waals surface area contributed by atoms with E-state index >= 15 is 0 Å². The third-order valence-corrected chi connectivity index (χ3v) is 3.68. The molecule has 98 valence electrons. The Kier molecular flexibility index (Phi) is 4.37. The molecule has 1 fully saturated rings. The van der Waals surface area contributed by atoms with E-state index in [2.05, 4.69) is 17.1 Å². The molecule has 3 nitrogen and oxygen atoms in total. The summed E-state index contributed by atoms with van der Waals surface area (Å²) in [6.07, 6.45) is 2.45. The first kappa shape index (κ1) is 13.1. The van der Waals surface area contributed by atoms with Crippen LogP contribution in [0.4, 0.5) is 0 Å². The third-order valence-electron chi connectivity index (χ3n) is 3.68. The van der Waals surface area contributed by atoms with Crippen LogP contribution in [-0.2, 0) is 0 Å². The summed E-state index contributed by atoms with van der Waals surface area (Å²) >= 11 is 0. The van der Waals surface area contributed by atoms with E-state index in [-0.39, 0.29) is 5.91 Å². The van der Waals surface area contributed by atoms with Gasteiger partial charge in [0.25, 0.3) is 5.91 Å². The van der Waals surface area contributed by atoms with Gasteiger partial charge in [0.05, 0.1) is 0 Å². The summed E-state index contributed by atoms with van der Waals surface area (Å²) in [5.41, 5.74) is 1.88. The van der Waals surface area contributed by atoms with E-state index in [1.165, 1.54) is 19.4 Å². The predicted molar refractivity (Wildman–Crippen MR) is 73.8 cm³/mol. The number of carbonyl (C=O) groups is 1. The second-order valence-electron chi connectivity index (χ2n) is 5.00.